The van der Waals surface area contributed by atoms with E-state index >= 15 is 0 Å². The number of hydrogen-bond donors (Lipinski definition) is 0. The smallest absolute Gasteiger partial charge is 0.135 e. The van der Waals surface area contributed by atoms with Crippen LogP contribution >= 0.6 is 0 Å². The van der Waals surface area contributed by atoms with Crippen molar-refractivity contribution in [1.29, 1.82) is 0 Å². The topological polar surface area (TPSA) is 21.3 Å². The Morgan fingerprint density at radius 3 is 1.58 bits per heavy atom. The van der Waals surface area contributed by atoms with Gasteiger partial charge in [-0.05, 0) is 144 Å². The lowest BCUT2D eigenvalue weighted by molar-refractivity contribution is 0.669. The van der Waals surface area contributed by atoms with Crippen LogP contribution in [0.15, 0.2) is 271 Å². The molecule has 0 N–H and O–H groups in total. The molecule has 2 spiro atoms. The average Bonchev–Trinajstić information content (AvgIpc) is 4.48. The summed E-state index contributed by atoms with van der Waals surface area (Å²) in [5.74, 6) is 0. The molecule has 0 bridgehead atoms. The zero-order valence-corrected chi connectivity index (χ0v) is 41.7. The molecule has 3 heteroatoms. The van der Waals surface area contributed by atoms with Gasteiger partial charge in [0.1, 0.15) is 11.2 Å². The Kier molecular flexibility index (Phi) is 8.00. The molecule has 1 atom stereocenters. The number of anilines is 3. The van der Waals surface area contributed by atoms with E-state index in [2.05, 4.69) is 270 Å². The van der Waals surface area contributed by atoms with Gasteiger partial charge in [0, 0.05) is 38.5 Å². The lowest BCUT2D eigenvalue weighted by Gasteiger charge is -2.39. The quantitative estimate of drug-likeness (QED) is 0.175. The number of fused-ring (bicyclic) bond motifs is 25. The van der Waals surface area contributed by atoms with Gasteiger partial charge in [0.15, 0.2) is 0 Å². The zero-order chi connectivity index (χ0) is 50.1. The molecule has 0 radical (unpaired) electrons. The minimum Gasteiger partial charge on any atom is -0.456 e. The monoisotopic (exact) mass is 976 g/mol. The maximum Gasteiger partial charge on any atom is 0.135 e. The highest BCUT2D eigenvalue weighted by atomic mass is 16.3. The van der Waals surface area contributed by atoms with Gasteiger partial charge in [-0.3, -0.25) is 0 Å². The molecule has 3 heterocycles. The minimum absolute atomic E-state index is 0.501. The van der Waals surface area contributed by atoms with Gasteiger partial charge in [-0.15, -0.1) is 0 Å². The van der Waals surface area contributed by atoms with Crippen molar-refractivity contribution in [3.63, 3.8) is 0 Å². The van der Waals surface area contributed by atoms with Crippen molar-refractivity contribution in [3.05, 3.63) is 311 Å². The molecule has 1 aliphatic heterocycles. The molecule has 14 aromatic rings. The molecule has 2 aromatic heterocycles. The lowest BCUT2D eigenvalue weighted by atomic mass is 9.65. The van der Waals surface area contributed by atoms with Gasteiger partial charge in [-0.2, -0.15) is 0 Å². The van der Waals surface area contributed by atoms with E-state index in [4.69, 9.17) is 4.42 Å². The van der Waals surface area contributed by atoms with Crippen LogP contribution in [0.5, 0.6) is 0 Å². The molecule has 0 fully saturated rings. The summed E-state index contributed by atoms with van der Waals surface area (Å²) in [5.41, 5.74) is 28.2. The van der Waals surface area contributed by atoms with Gasteiger partial charge in [-0.25, -0.2) is 0 Å². The highest BCUT2D eigenvalue weighted by Crippen LogP contribution is 2.66. The molecule has 0 amide bonds. The SMILES string of the molecule is c1ccc2c(c1)-c1ccccc1C21c2ccccc2-c2ccc(N(c3ccc(-c4ccc5oc6ccccc6c5c4)cc3)c3cccc4c3-c3ccccc3C43c4ccccc4-n4c5ccccc5c5cccc3c54)cc21. The zero-order valence-electron chi connectivity index (χ0n) is 41.7. The molecule has 0 saturated heterocycles. The van der Waals surface area contributed by atoms with Gasteiger partial charge in [0.2, 0.25) is 0 Å². The Bertz CT molecular complexity index is 4830. The second-order valence-electron chi connectivity index (χ2n) is 21.4. The summed E-state index contributed by atoms with van der Waals surface area (Å²) in [6.07, 6.45) is 0. The molecule has 4 aliphatic rings. The molecule has 3 nitrogen and oxygen atoms in total. The third-order valence-corrected chi connectivity index (χ3v) is 18.0. The number of para-hydroxylation sites is 4. The van der Waals surface area contributed by atoms with Crippen LogP contribution in [0.1, 0.15) is 44.5 Å². The van der Waals surface area contributed by atoms with Gasteiger partial charge in [0.05, 0.1) is 33.2 Å². The van der Waals surface area contributed by atoms with E-state index in [-0.39, 0.29) is 0 Å². The summed E-state index contributed by atoms with van der Waals surface area (Å²) in [5, 5.41) is 4.80. The molecular formula is C74H44N2O. The Hall–Kier alpha value is -9.96. The Labute approximate surface area is 444 Å². The number of benzene rings is 12. The molecule has 1 unspecified atom stereocenters. The maximum absolute atomic E-state index is 6.28. The van der Waals surface area contributed by atoms with Crippen LogP contribution in [0.4, 0.5) is 17.1 Å². The molecule has 0 saturated carbocycles. The summed E-state index contributed by atoms with van der Waals surface area (Å²) in [6.45, 7) is 0. The standard InChI is InChI=1S/C74H44N2O/c1-7-24-58-49(17-1)50-18-2-8-25-59(50)73(58)60-26-9-3-19-51(60)52-41-40-48(44-65(52)73)75(47-38-35-45(36-39-47)46-37-42-70-57(43-46)54-21-6-14-34-69(54)77-70)68-33-16-29-63-71(68)56-22-4-10-27-61(56)74(63)62-28-11-13-32-67(62)76-66-31-12-5-20-53(66)55-23-15-30-64(74)72(55)76/h1-44H. The van der Waals surface area contributed by atoms with Gasteiger partial charge < -0.3 is 13.9 Å². The fraction of sp³-hybridized carbons (Fsp3) is 0.0270. The van der Waals surface area contributed by atoms with Crippen LogP contribution in [0.3, 0.4) is 0 Å². The Morgan fingerprint density at radius 2 is 0.831 bits per heavy atom. The molecule has 3 aliphatic carbocycles. The minimum atomic E-state index is -0.602. The predicted molar refractivity (Wildman–Crippen MR) is 315 cm³/mol. The van der Waals surface area contributed by atoms with Crippen molar-refractivity contribution in [2.24, 2.45) is 0 Å². The largest absolute Gasteiger partial charge is 0.456 e. The third kappa shape index (κ3) is 5.07. The lowest BCUT2D eigenvalue weighted by Crippen LogP contribution is -2.33. The van der Waals surface area contributed by atoms with Crippen LogP contribution in [-0.2, 0) is 10.8 Å². The fourth-order valence-electron chi connectivity index (χ4n) is 15.1. The normalized spacial score (nSPS) is 15.4. The van der Waals surface area contributed by atoms with E-state index in [1.807, 2.05) is 6.07 Å². The number of aromatic nitrogens is 1. The highest BCUT2D eigenvalue weighted by molar-refractivity contribution is 6.13. The van der Waals surface area contributed by atoms with Crippen LogP contribution in [0.25, 0.3) is 93.9 Å². The Morgan fingerprint density at radius 1 is 0.312 bits per heavy atom. The summed E-state index contributed by atoms with van der Waals surface area (Å²) in [7, 11) is 0. The summed E-state index contributed by atoms with van der Waals surface area (Å²) in [6, 6.07) is 100. The second-order valence-corrected chi connectivity index (χ2v) is 21.4. The first kappa shape index (κ1) is 41.4. The number of nitrogens with zero attached hydrogens (tertiary/aromatic N) is 2. The van der Waals surface area contributed by atoms with Gasteiger partial charge in [-0.1, -0.05) is 206 Å². The first-order valence-electron chi connectivity index (χ1n) is 26.8. The van der Waals surface area contributed by atoms with Crippen LogP contribution in [0.2, 0.25) is 0 Å². The van der Waals surface area contributed by atoms with Crippen molar-refractivity contribution < 1.29 is 4.42 Å². The number of rotatable bonds is 4. The molecule has 77 heavy (non-hydrogen) atoms. The molecule has 18 rings (SSSR count). The first-order chi connectivity index (χ1) is 38.2. The fourth-order valence-corrected chi connectivity index (χ4v) is 15.1. The van der Waals surface area contributed by atoms with Crippen molar-refractivity contribution in [2.75, 3.05) is 4.90 Å². The Balaban J connectivity index is 0.911. The summed E-state index contributed by atoms with van der Waals surface area (Å²) < 4.78 is 8.81. The van der Waals surface area contributed by atoms with E-state index in [1.165, 1.54) is 105 Å². The van der Waals surface area contributed by atoms with Gasteiger partial charge in [0.25, 0.3) is 0 Å². The van der Waals surface area contributed by atoms with E-state index in [1.54, 1.807) is 0 Å². The average molecular weight is 977 g/mol. The van der Waals surface area contributed by atoms with Crippen LogP contribution < -0.4 is 4.90 Å². The first-order valence-corrected chi connectivity index (χ1v) is 26.8. The van der Waals surface area contributed by atoms with Crippen molar-refractivity contribution in [2.45, 2.75) is 10.8 Å². The maximum atomic E-state index is 6.28. The molecule has 356 valence electrons. The van der Waals surface area contributed by atoms with Crippen molar-refractivity contribution in [1.82, 2.24) is 4.57 Å². The summed E-state index contributed by atoms with van der Waals surface area (Å²) in [4.78, 5) is 2.56. The second kappa shape index (κ2) is 14.9. The predicted octanol–water partition coefficient (Wildman–Crippen LogP) is 18.8. The van der Waals surface area contributed by atoms with Crippen LogP contribution in [0, 0.1) is 0 Å². The van der Waals surface area contributed by atoms with E-state index < -0.39 is 10.8 Å². The van der Waals surface area contributed by atoms with Crippen LogP contribution in [-0.4, -0.2) is 4.57 Å². The van der Waals surface area contributed by atoms with Crippen molar-refractivity contribution in [3.8, 4) is 50.2 Å². The number of hydrogen-bond acceptors (Lipinski definition) is 2. The molecule has 12 aromatic carbocycles. The summed E-state index contributed by atoms with van der Waals surface area (Å²) >= 11 is 0. The van der Waals surface area contributed by atoms with Crippen molar-refractivity contribution >= 4 is 60.8 Å². The van der Waals surface area contributed by atoms with E-state index in [0.29, 0.717) is 0 Å². The molecular weight excluding hydrogens is 933 g/mol. The highest BCUT2D eigenvalue weighted by Gasteiger charge is 2.53. The van der Waals surface area contributed by atoms with E-state index in [9.17, 15) is 0 Å². The van der Waals surface area contributed by atoms with E-state index in [0.717, 1.165) is 50.1 Å². The number of furan rings is 1. The van der Waals surface area contributed by atoms with Gasteiger partial charge >= 0.3 is 0 Å². The third-order valence-electron chi connectivity index (χ3n) is 18.0.